The van der Waals surface area contributed by atoms with Gasteiger partial charge in [-0.05, 0) is 24.3 Å². The topological polar surface area (TPSA) is 69.8 Å². The molecule has 0 radical (unpaired) electrons. The van der Waals surface area contributed by atoms with Crippen LogP contribution in [-0.4, -0.2) is 18.0 Å². The average Bonchev–Trinajstić information content (AvgIpc) is 2.40. The fraction of sp³-hybridized carbons (Fsp3) is 0.0714. The molecule has 1 amide bonds. The molecule has 100 valence electrons. The summed E-state index contributed by atoms with van der Waals surface area (Å²) in [6.07, 6.45) is 0. The predicted octanol–water partition coefficient (Wildman–Crippen LogP) is 2.53. The van der Waals surface area contributed by atoms with E-state index in [2.05, 4.69) is 5.32 Å². The zero-order chi connectivity index (χ0) is 12.8. The molecule has 0 bridgehead atoms. The van der Waals surface area contributed by atoms with Gasteiger partial charge in [-0.2, -0.15) is 0 Å². The van der Waals surface area contributed by atoms with Crippen molar-refractivity contribution < 1.29 is 15.0 Å². The van der Waals surface area contributed by atoms with E-state index >= 15 is 0 Å². The molecule has 0 spiro atoms. The zero-order valence-corrected chi connectivity index (χ0v) is 10.9. The van der Waals surface area contributed by atoms with Crippen molar-refractivity contribution in [2.75, 3.05) is 11.9 Å². The number of halogens is 1. The molecule has 3 N–H and O–H groups in total. The van der Waals surface area contributed by atoms with E-state index in [1.54, 1.807) is 36.4 Å². The Kier molecular flexibility index (Phi) is 5.85. The molecule has 4 nitrogen and oxygen atoms in total. The molecular weight excluding hydrogens is 266 g/mol. The Balaban J connectivity index is 0.00000180. The van der Waals surface area contributed by atoms with Gasteiger partial charge in [0.15, 0.2) is 6.61 Å². The molecule has 19 heavy (non-hydrogen) atoms. The molecule has 0 unspecified atom stereocenters. The third-order valence-corrected chi connectivity index (χ3v) is 2.59. The summed E-state index contributed by atoms with van der Waals surface area (Å²) in [4.78, 5) is 11.6. The van der Waals surface area contributed by atoms with Gasteiger partial charge in [-0.1, -0.05) is 41.9 Å². The number of benzene rings is 2. The highest BCUT2D eigenvalue weighted by molar-refractivity contribution is 6.33. The Morgan fingerprint density at radius 3 is 2.37 bits per heavy atom. The quantitative estimate of drug-likeness (QED) is 0.934. The number of para-hydroxylation sites is 2. The minimum absolute atomic E-state index is 0. The number of nitrogens with one attached hydrogen (secondary N) is 1. The van der Waals surface area contributed by atoms with E-state index in [0.717, 1.165) is 0 Å². The second-order valence-electron chi connectivity index (χ2n) is 3.63. The first kappa shape index (κ1) is 15.0. The Hall–Kier alpha value is -2.04. The van der Waals surface area contributed by atoms with Crippen LogP contribution in [0.25, 0.3) is 0 Å². The van der Waals surface area contributed by atoms with Gasteiger partial charge in [0, 0.05) is 0 Å². The monoisotopic (exact) mass is 279 g/mol. The van der Waals surface area contributed by atoms with Crippen molar-refractivity contribution >= 4 is 23.2 Å². The van der Waals surface area contributed by atoms with Gasteiger partial charge in [-0.3, -0.25) is 4.79 Å². The lowest BCUT2D eigenvalue weighted by Gasteiger charge is -2.08. The number of hydrogen-bond donors (Lipinski definition) is 1. The molecule has 0 fully saturated rings. The van der Waals surface area contributed by atoms with Crippen LogP contribution in [0.15, 0.2) is 54.6 Å². The van der Waals surface area contributed by atoms with Crippen molar-refractivity contribution in [3.8, 4) is 5.75 Å². The summed E-state index contributed by atoms with van der Waals surface area (Å²) in [5.74, 6) is 0.416. The van der Waals surface area contributed by atoms with Crippen LogP contribution in [-0.2, 0) is 4.79 Å². The highest BCUT2D eigenvalue weighted by Gasteiger charge is 2.05. The van der Waals surface area contributed by atoms with Gasteiger partial charge >= 0.3 is 0 Å². The maximum Gasteiger partial charge on any atom is 0.262 e. The summed E-state index contributed by atoms with van der Waals surface area (Å²) >= 11 is 5.93. The van der Waals surface area contributed by atoms with E-state index in [4.69, 9.17) is 16.3 Å². The summed E-state index contributed by atoms with van der Waals surface area (Å²) in [7, 11) is 0. The summed E-state index contributed by atoms with van der Waals surface area (Å²) < 4.78 is 5.32. The molecule has 5 heteroatoms. The first-order chi connectivity index (χ1) is 8.75. The van der Waals surface area contributed by atoms with Crippen LogP contribution in [0.4, 0.5) is 5.69 Å². The van der Waals surface area contributed by atoms with Crippen LogP contribution in [0.2, 0.25) is 5.02 Å². The summed E-state index contributed by atoms with van der Waals surface area (Å²) in [6.45, 7) is -0.0464. The third-order valence-electron chi connectivity index (χ3n) is 2.26. The standard InChI is InChI=1S/C14H12ClNO2.H2O/c15-12-8-4-5-9-13(12)16-14(17)10-18-11-6-2-1-3-7-11;/h1-9H,10H2,(H,16,17);1H2. The highest BCUT2D eigenvalue weighted by atomic mass is 35.5. The number of amides is 1. The van der Waals surface area contributed by atoms with E-state index in [0.29, 0.717) is 16.5 Å². The van der Waals surface area contributed by atoms with Gasteiger partial charge in [0.05, 0.1) is 10.7 Å². The Morgan fingerprint density at radius 1 is 1.05 bits per heavy atom. The molecule has 2 aromatic carbocycles. The van der Waals surface area contributed by atoms with Crippen LogP contribution in [0.3, 0.4) is 0 Å². The van der Waals surface area contributed by atoms with Crippen molar-refractivity contribution in [3.63, 3.8) is 0 Å². The second kappa shape index (κ2) is 7.41. The van der Waals surface area contributed by atoms with Crippen molar-refractivity contribution in [2.45, 2.75) is 0 Å². The Labute approximate surface area is 116 Å². The van der Waals surface area contributed by atoms with Gasteiger partial charge < -0.3 is 15.5 Å². The van der Waals surface area contributed by atoms with Gasteiger partial charge in [0.25, 0.3) is 5.91 Å². The first-order valence-corrected chi connectivity index (χ1v) is 5.86. The number of anilines is 1. The summed E-state index contributed by atoms with van der Waals surface area (Å²) in [5, 5.41) is 3.19. The summed E-state index contributed by atoms with van der Waals surface area (Å²) in [5.41, 5.74) is 0.584. The SMILES string of the molecule is O.O=C(COc1ccccc1)Nc1ccccc1Cl. The van der Waals surface area contributed by atoms with Crippen LogP contribution >= 0.6 is 11.6 Å². The smallest absolute Gasteiger partial charge is 0.262 e. The van der Waals surface area contributed by atoms with Gasteiger partial charge in [-0.15, -0.1) is 0 Å². The lowest BCUT2D eigenvalue weighted by Crippen LogP contribution is -2.20. The van der Waals surface area contributed by atoms with E-state index in [1.165, 1.54) is 0 Å². The van der Waals surface area contributed by atoms with Crippen molar-refractivity contribution in [1.29, 1.82) is 0 Å². The molecular formula is C14H14ClNO3. The average molecular weight is 280 g/mol. The minimum atomic E-state index is -0.244. The van der Waals surface area contributed by atoms with Crippen LogP contribution in [0.5, 0.6) is 5.75 Å². The minimum Gasteiger partial charge on any atom is -0.484 e. The van der Waals surface area contributed by atoms with Gasteiger partial charge in [0.1, 0.15) is 5.75 Å². The predicted molar refractivity (Wildman–Crippen MR) is 75.6 cm³/mol. The molecule has 0 saturated carbocycles. The lowest BCUT2D eigenvalue weighted by molar-refractivity contribution is -0.118. The number of ether oxygens (including phenoxy) is 1. The molecule has 2 aromatic rings. The molecule has 0 heterocycles. The molecule has 0 aromatic heterocycles. The van der Waals surface area contributed by atoms with Crippen LogP contribution in [0.1, 0.15) is 0 Å². The number of rotatable bonds is 4. The highest BCUT2D eigenvalue weighted by Crippen LogP contribution is 2.20. The third kappa shape index (κ3) is 4.62. The fourth-order valence-electron chi connectivity index (χ4n) is 1.41. The Morgan fingerprint density at radius 2 is 1.68 bits per heavy atom. The normalized spacial score (nSPS) is 9.32. The molecule has 0 aliphatic carbocycles. The van der Waals surface area contributed by atoms with Crippen molar-refractivity contribution in [2.24, 2.45) is 0 Å². The van der Waals surface area contributed by atoms with E-state index in [1.807, 2.05) is 18.2 Å². The van der Waals surface area contributed by atoms with E-state index in [9.17, 15) is 4.79 Å². The van der Waals surface area contributed by atoms with Crippen LogP contribution in [0, 0.1) is 0 Å². The van der Waals surface area contributed by atoms with Gasteiger partial charge in [0.2, 0.25) is 0 Å². The van der Waals surface area contributed by atoms with Crippen molar-refractivity contribution in [3.05, 3.63) is 59.6 Å². The zero-order valence-electron chi connectivity index (χ0n) is 10.1. The summed E-state index contributed by atoms with van der Waals surface area (Å²) in [6, 6.07) is 16.2. The number of carbonyl (C=O) groups is 1. The lowest BCUT2D eigenvalue weighted by atomic mass is 10.3. The van der Waals surface area contributed by atoms with Crippen molar-refractivity contribution in [1.82, 2.24) is 0 Å². The fourth-order valence-corrected chi connectivity index (χ4v) is 1.60. The first-order valence-electron chi connectivity index (χ1n) is 5.48. The van der Waals surface area contributed by atoms with E-state index < -0.39 is 0 Å². The number of hydrogen-bond acceptors (Lipinski definition) is 2. The van der Waals surface area contributed by atoms with Gasteiger partial charge in [-0.25, -0.2) is 0 Å². The number of carbonyl (C=O) groups excluding carboxylic acids is 1. The maximum atomic E-state index is 11.6. The second-order valence-corrected chi connectivity index (χ2v) is 4.04. The molecule has 0 aliphatic heterocycles. The van der Waals surface area contributed by atoms with E-state index in [-0.39, 0.29) is 18.0 Å². The molecule has 0 atom stereocenters. The van der Waals surface area contributed by atoms with Crippen LogP contribution < -0.4 is 10.1 Å². The molecule has 2 rings (SSSR count). The molecule has 0 aliphatic rings. The maximum absolute atomic E-state index is 11.6. The largest absolute Gasteiger partial charge is 0.484 e. The Bertz CT molecular complexity index is 531. The molecule has 0 saturated heterocycles.